The average molecular weight is 317 g/mol. The summed E-state index contributed by atoms with van der Waals surface area (Å²) in [6.07, 6.45) is -0.501. The van der Waals surface area contributed by atoms with Crippen molar-refractivity contribution < 1.29 is 14.4 Å². The van der Waals surface area contributed by atoms with E-state index < -0.39 is 23.9 Å². The van der Waals surface area contributed by atoms with E-state index in [1.807, 2.05) is 0 Å². The zero-order valence-electron chi connectivity index (χ0n) is 11.8. The quantitative estimate of drug-likeness (QED) is 0.523. The highest BCUT2D eigenvalue weighted by molar-refractivity contribution is 6.43. The number of carbonyl (C=O) groups excluding carboxylic acids is 3. The Balaban J connectivity index is 1.98. The number of Topliss-reactive ketones (excluding diaryl/α,β-unsaturated/α-hetero) is 2. The van der Waals surface area contributed by atoms with Gasteiger partial charge in [0.15, 0.2) is 5.78 Å². The second kappa shape index (κ2) is 6.95. The highest BCUT2D eigenvalue weighted by Crippen LogP contribution is 2.11. The maximum Gasteiger partial charge on any atom is 0.293 e. The van der Waals surface area contributed by atoms with E-state index in [9.17, 15) is 14.4 Å². The molecule has 2 rings (SSSR count). The first-order chi connectivity index (χ1) is 10.5. The number of aryl methyl sites for hydroxylation is 1. The topological polar surface area (TPSA) is 76.1 Å². The number of rotatable bonds is 5. The highest BCUT2D eigenvalue weighted by atomic mass is 35.5. The van der Waals surface area contributed by atoms with Crippen LogP contribution in [-0.4, -0.2) is 22.5 Å². The lowest BCUT2D eigenvalue weighted by Gasteiger charge is -2.04. The molecule has 1 N–H and O–H groups in total. The van der Waals surface area contributed by atoms with Gasteiger partial charge in [-0.3, -0.25) is 14.4 Å². The lowest BCUT2D eigenvalue weighted by molar-refractivity contribution is -0.134. The fourth-order valence-electron chi connectivity index (χ4n) is 1.76. The Morgan fingerprint density at radius 3 is 2.41 bits per heavy atom. The monoisotopic (exact) mass is 316 g/mol. The van der Waals surface area contributed by atoms with Crippen molar-refractivity contribution in [1.29, 1.82) is 0 Å². The molecule has 0 spiro atoms. The number of halogens is 1. The number of nitrogens with zero attached hydrogens (tertiary/aromatic N) is 1. The summed E-state index contributed by atoms with van der Waals surface area (Å²) in [5, 5.41) is 2.87. The second-order valence-corrected chi connectivity index (χ2v) is 5.08. The van der Waals surface area contributed by atoms with Crippen LogP contribution in [0.2, 0.25) is 5.02 Å². The average Bonchev–Trinajstić information content (AvgIpc) is 2.47. The SMILES string of the molecule is Cc1cccc(NC(=O)C(=O)CC(=O)c2ccc(Cl)cc2)n1. The Morgan fingerprint density at radius 1 is 1.09 bits per heavy atom. The lowest BCUT2D eigenvalue weighted by atomic mass is 10.1. The number of nitrogens with one attached hydrogen (secondary N) is 1. The smallest absolute Gasteiger partial charge is 0.293 e. The molecule has 0 aliphatic heterocycles. The maximum atomic E-state index is 11.9. The normalized spacial score (nSPS) is 10.1. The molecule has 0 saturated heterocycles. The molecule has 0 unspecified atom stereocenters. The molecule has 0 aliphatic carbocycles. The zero-order valence-corrected chi connectivity index (χ0v) is 12.6. The van der Waals surface area contributed by atoms with Crippen LogP contribution in [0.25, 0.3) is 0 Å². The molecule has 0 atom stereocenters. The summed E-state index contributed by atoms with van der Waals surface area (Å²) < 4.78 is 0. The zero-order chi connectivity index (χ0) is 16.1. The largest absolute Gasteiger partial charge is 0.304 e. The van der Waals surface area contributed by atoms with E-state index in [-0.39, 0.29) is 5.82 Å². The van der Waals surface area contributed by atoms with Crippen molar-refractivity contribution in [2.45, 2.75) is 13.3 Å². The van der Waals surface area contributed by atoms with Crippen LogP contribution in [0.3, 0.4) is 0 Å². The molecule has 112 valence electrons. The van der Waals surface area contributed by atoms with Gasteiger partial charge in [-0.25, -0.2) is 4.98 Å². The molecule has 0 aliphatic rings. The molecule has 5 nitrogen and oxygen atoms in total. The van der Waals surface area contributed by atoms with Crippen molar-refractivity contribution in [2.24, 2.45) is 0 Å². The number of anilines is 1. The van der Waals surface area contributed by atoms with Crippen molar-refractivity contribution in [3.63, 3.8) is 0 Å². The third kappa shape index (κ3) is 4.23. The Kier molecular flexibility index (Phi) is 5.01. The number of hydrogen-bond acceptors (Lipinski definition) is 4. The Bertz CT molecular complexity index is 726. The number of pyridine rings is 1. The molecular formula is C16H13ClN2O3. The van der Waals surface area contributed by atoms with Crippen molar-refractivity contribution in [2.75, 3.05) is 5.32 Å². The van der Waals surface area contributed by atoms with Gasteiger partial charge < -0.3 is 5.32 Å². The molecule has 1 heterocycles. The van der Waals surface area contributed by atoms with Crippen LogP contribution in [0.5, 0.6) is 0 Å². The van der Waals surface area contributed by atoms with Crippen LogP contribution in [0.4, 0.5) is 5.82 Å². The predicted octanol–water partition coefficient (Wildman–Crippen LogP) is 2.82. The van der Waals surface area contributed by atoms with E-state index >= 15 is 0 Å². The standard InChI is InChI=1S/C16H13ClN2O3/c1-10-3-2-4-15(18-10)19-16(22)14(21)9-13(20)11-5-7-12(17)8-6-11/h2-8H,9H2,1H3,(H,18,19,22). The second-order valence-electron chi connectivity index (χ2n) is 4.65. The molecule has 0 fully saturated rings. The van der Waals surface area contributed by atoms with Gasteiger partial charge in [0.25, 0.3) is 5.91 Å². The summed E-state index contributed by atoms with van der Waals surface area (Å²) in [7, 11) is 0. The minimum Gasteiger partial charge on any atom is -0.304 e. The third-order valence-corrected chi connectivity index (χ3v) is 3.12. The van der Waals surface area contributed by atoms with Crippen molar-refractivity contribution >= 4 is 34.9 Å². The summed E-state index contributed by atoms with van der Waals surface area (Å²) >= 11 is 5.73. The summed E-state index contributed by atoms with van der Waals surface area (Å²) in [5.74, 6) is -1.84. The number of hydrogen-bond donors (Lipinski definition) is 1. The van der Waals surface area contributed by atoms with Gasteiger partial charge >= 0.3 is 0 Å². The summed E-state index contributed by atoms with van der Waals surface area (Å²) in [6, 6.07) is 11.2. The first-order valence-electron chi connectivity index (χ1n) is 6.52. The van der Waals surface area contributed by atoms with Crippen molar-refractivity contribution in [3.05, 3.63) is 58.7 Å². The molecule has 22 heavy (non-hydrogen) atoms. The molecule has 1 aromatic carbocycles. The van der Waals surface area contributed by atoms with Crippen LogP contribution in [-0.2, 0) is 9.59 Å². The Labute approximate surface area is 132 Å². The summed E-state index contributed by atoms with van der Waals surface area (Å²) in [6.45, 7) is 1.77. The lowest BCUT2D eigenvalue weighted by Crippen LogP contribution is -2.25. The maximum absolute atomic E-state index is 11.9. The molecular weight excluding hydrogens is 304 g/mol. The van der Waals surface area contributed by atoms with Crippen molar-refractivity contribution in [3.8, 4) is 0 Å². The van der Waals surface area contributed by atoms with Gasteiger partial charge in [0, 0.05) is 16.3 Å². The summed E-state index contributed by atoms with van der Waals surface area (Å²) in [5.41, 5.74) is 1.04. The van der Waals surface area contributed by atoms with Crippen LogP contribution in [0.1, 0.15) is 22.5 Å². The molecule has 2 aromatic rings. The van der Waals surface area contributed by atoms with Crippen LogP contribution in [0, 0.1) is 6.92 Å². The molecule has 0 saturated carbocycles. The minimum absolute atomic E-state index is 0.275. The highest BCUT2D eigenvalue weighted by Gasteiger charge is 2.19. The molecule has 0 bridgehead atoms. The van der Waals surface area contributed by atoms with E-state index in [2.05, 4.69) is 10.3 Å². The fourth-order valence-corrected chi connectivity index (χ4v) is 1.89. The van der Waals surface area contributed by atoms with E-state index in [0.717, 1.165) is 0 Å². The third-order valence-electron chi connectivity index (χ3n) is 2.87. The molecule has 1 amide bonds. The van der Waals surface area contributed by atoms with E-state index in [0.29, 0.717) is 16.3 Å². The molecule has 6 heteroatoms. The van der Waals surface area contributed by atoms with Crippen molar-refractivity contribution in [1.82, 2.24) is 4.98 Å². The first kappa shape index (κ1) is 15.9. The van der Waals surface area contributed by atoms with E-state index in [1.54, 1.807) is 37.3 Å². The predicted molar refractivity (Wildman–Crippen MR) is 83.0 cm³/mol. The van der Waals surface area contributed by atoms with Gasteiger partial charge in [0.05, 0.1) is 6.42 Å². The number of benzene rings is 1. The number of ketones is 2. The first-order valence-corrected chi connectivity index (χ1v) is 6.90. The number of carbonyl (C=O) groups is 3. The number of amides is 1. The number of aromatic nitrogens is 1. The summed E-state index contributed by atoms with van der Waals surface area (Å²) in [4.78, 5) is 39.5. The molecule has 1 aromatic heterocycles. The van der Waals surface area contributed by atoms with Gasteiger partial charge in [-0.15, -0.1) is 0 Å². The van der Waals surface area contributed by atoms with Gasteiger partial charge in [-0.2, -0.15) is 0 Å². The Hall–Kier alpha value is -2.53. The van der Waals surface area contributed by atoms with Gasteiger partial charge in [0.1, 0.15) is 5.82 Å². The van der Waals surface area contributed by atoms with Gasteiger partial charge in [-0.05, 0) is 43.3 Å². The molecule has 0 radical (unpaired) electrons. The van der Waals surface area contributed by atoms with E-state index in [4.69, 9.17) is 11.6 Å². The van der Waals surface area contributed by atoms with Gasteiger partial charge in [-0.1, -0.05) is 17.7 Å². The van der Waals surface area contributed by atoms with Crippen LogP contribution >= 0.6 is 11.6 Å². The van der Waals surface area contributed by atoms with Crippen LogP contribution in [0.15, 0.2) is 42.5 Å². The minimum atomic E-state index is -0.861. The fraction of sp³-hybridized carbons (Fsp3) is 0.125. The van der Waals surface area contributed by atoms with Crippen LogP contribution < -0.4 is 5.32 Å². The van der Waals surface area contributed by atoms with E-state index in [1.165, 1.54) is 12.1 Å². The Morgan fingerprint density at radius 2 is 1.77 bits per heavy atom. The van der Waals surface area contributed by atoms with Gasteiger partial charge in [0.2, 0.25) is 5.78 Å².